The molecule has 110 valence electrons. The van der Waals surface area contributed by atoms with Crippen LogP contribution in [0.15, 0.2) is 22.6 Å². The molecule has 0 unspecified atom stereocenters. The number of anilines is 1. The van der Waals surface area contributed by atoms with Gasteiger partial charge in [0.2, 0.25) is 0 Å². The van der Waals surface area contributed by atoms with Crippen molar-refractivity contribution in [2.75, 3.05) is 31.6 Å². The summed E-state index contributed by atoms with van der Waals surface area (Å²) in [4.78, 5) is 11.8. The molecule has 0 saturated heterocycles. The Morgan fingerprint density at radius 3 is 3.10 bits per heavy atom. The van der Waals surface area contributed by atoms with Gasteiger partial charge in [0, 0.05) is 13.1 Å². The summed E-state index contributed by atoms with van der Waals surface area (Å²) in [5.74, 6) is 0. The molecule has 6 nitrogen and oxygen atoms in total. The molecule has 20 heavy (non-hydrogen) atoms. The second-order valence-electron chi connectivity index (χ2n) is 4.62. The van der Waals surface area contributed by atoms with Crippen molar-refractivity contribution in [3.05, 3.63) is 33.2 Å². The quantitative estimate of drug-likeness (QED) is 0.671. The number of hydrogen-bond donors (Lipinski definition) is 3. The van der Waals surface area contributed by atoms with E-state index in [9.17, 15) is 4.79 Å². The Hall–Kier alpha value is -1.37. The third-order valence-electron chi connectivity index (χ3n) is 3.22. The fourth-order valence-electron chi connectivity index (χ4n) is 2.10. The average Bonchev–Trinajstić information content (AvgIpc) is 2.48. The van der Waals surface area contributed by atoms with Crippen molar-refractivity contribution in [1.82, 2.24) is 15.1 Å². The molecule has 2 rings (SSSR count). The molecule has 0 atom stereocenters. The van der Waals surface area contributed by atoms with E-state index in [4.69, 9.17) is 16.7 Å². The van der Waals surface area contributed by atoms with Crippen LogP contribution in [-0.2, 0) is 6.54 Å². The van der Waals surface area contributed by atoms with Gasteiger partial charge >= 0.3 is 0 Å². The van der Waals surface area contributed by atoms with Crippen LogP contribution < -0.4 is 16.2 Å². The number of nitrogens with one attached hydrogen (secondary N) is 2. The lowest BCUT2D eigenvalue weighted by Crippen LogP contribution is -2.26. The lowest BCUT2D eigenvalue weighted by molar-refractivity contribution is 0.266. The largest absolute Gasteiger partial charge is 0.394 e. The van der Waals surface area contributed by atoms with Gasteiger partial charge in [-0.15, -0.1) is 0 Å². The van der Waals surface area contributed by atoms with E-state index in [2.05, 4.69) is 21.8 Å². The molecule has 0 aromatic carbocycles. The standard InChI is InChI=1S/C13H19ClN4O2/c14-12-11(9-17-18(7-8-19)13(12)20)16-6-3-10-1-4-15-5-2-10/h1,9,15-16,19H,2-8H2. The molecular formula is C13H19ClN4O2. The van der Waals surface area contributed by atoms with E-state index in [1.165, 1.54) is 11.8 Å². The van der Waals surface area contributed by atoms with Crippen molar-refractivity contribution in [2.24, 2.45) is 0 Å². The molecule has 0 fully saturated rings. The summed E-state index contributed by atoms with van der Waals surface area (Å²) in [6.07, 6.45) is 5.71. The number of aromatic nitrogens is 2. The van der Waals surface area contributed by atoms with Crippen LogP contribution in [0.4, 0.5) is 5.69 Å². The van der Waals surface area contributed by atoms with Gasteiger partial charge in [-0.25, -0.2) is 4.68 Å². The molecule has 1 aromatic heterocycles. The minimum atomic E-state index is -0.383. The monoisotopic (exact) mass is 298 g/mol. The van der Waals surface area contributed by atoms with Crippen LogP contribution in [0.5, 0.6) is 0 Å². The zero-order valence-electron chi connectivity index (χ0n) is 11.2. The van der Waals surface area contributed by atoms with E-state index in [0.717, 1.165) is 37.2 Å². The first-order chi connectivity index (χ1) is 9.72. The Bertz CT molecular complexity index is 542. The third kappa shape index (κ3) is 3.82. The maximum Gasteiger partial charge on any atom is 0.287 e. The Morgan fingerprint density at radius 1 is 1.55 bits per heavy atom. The van der Waals surface area contributed by atoms with Crippen LogP contribution in [-0.4, -0.2) is 41.1 Å². The Labute approximate surface area is 122 Å². The maximum atomic E-state index is 11.8. The molecule has 0 aliphatic carbocycles. The van der Waals surface area contributed by atoms with Crippen LogP contribution in [0.25, 0.3) is 0 Å². The van der Waals surface area contributed by atoms with Gasteiger partial charge in [0.1, 0.15) is 5.02 Å². The highest BCUT2D eigenvalue weighted by atomic mass is 35.5. The van der Waals surface area contributed by atoms with E-state index >= 15 is 0 Å². The Balaban J connectivity index is 1.94. The lowest BCUT2D eigenvalue weighted by atomic mass is 10.1. The first kappa shape index (κ1) is 15.0. The highest BCUT2D eigenvalue weighted by Gasteiger charge is 2.09. The summed E-state index contributed by atoms with van der Waals surface area (Å²) in [7, 11) is 0. The fourth-order valence-corrected chi connectivity index (χ4v) is 2.31. The van der Waals surface area contributed by atoms with Crippen LogP contribution >= 0.6 is 11.6 Å². The van der Waals surface area contributed by atoms with E-state index in [0.29, 0.717) is 5.69 Å². The number of aliphatic hydroxyl groups excluding tert-OH is 1. The van der Waals surface area contributed by atoms with Crippen LogP contribution in [0, 0.1) is 0 Å². The van der Waals surface area contributed by atoms with Crippen molar-refractivity contribution in [2.45, 2.75) is 19.4 Å². The predicted molar refractivity (Wildman–Crippen MR) is 79.3 cm³/mol. The first-order valence-corrected chi connectivity index (χ1v) is 7.09. The highest BCUT2D eigenvalue weighted by Crippen LogP contribution is 2.16. The fraction of sp³-hybridized carbons (Fsp3) is 0.538. The predicted octanol–water partition coefficient (Wildman–Crippen LogP) is 0.611. The Kier molecular flexibility index (Phi) is 5.58. The van der Waals surface area contributed by atoms with E-state index in [1.807, 2.05) is 0 Å². The number of nitrogens with zero attached hydrogens (tertiary/aromatic N) is 2. The minimum absolute atomic E-state index is 0.118. The highest BCUT2D eigenvalue weighted by molar-refractivity contribution is 6.32. The zero-order chi connectivity index (χ0) is 14.4. The summed E-state index contributed by atoms with van der Waals surface area (Å²) in [5, 5.41) is 19.3. The molecule has 2 heterocycles. The summed E-state index contributed by atoms with van der Waals surface area (Å²) in [5.41, 5.74) is 1.57. The number of halogens is 1. The van der Waals surface area contributed by atoms with Crippen LogP contribution in [0.2, 0.25) is 5.02 Å². The minimum Gasteiger partial charge on any atom is -0.394 e. The van der Waals surface area contributed by atoms with Gasteiger partial charge in [-0.2, -0.15) is 5.10 Å². The molecule has 1 aliphatic rings. The number of aliphatic hydroxyl groups is 1. The van der Waals surface area contributed by atoms with Crippen molar-refractivity contribution in [3.8, 4) is 0 Å². The van der Waals surface area contributed by atoms with E-state index in [-0.39, 0.29) is 23.7 Å². The molecule has 0 amide bonds. The van der Waals surface area contributed by atoms with Crippen LogP contribution in [0.1, 0.15) is 12.8 Å². The first-order valence-electron chi connectivity index (χ1n) is 6.71. The maximum absolute atomic E-state index is 11.8. The normalized spacial score (nSPS) is 15.0. The van der Waals surface area contributed by atoms with Crippen molar-refractivity contribution >= 4 is 17.3 Å². The third-order valence-corrected chi connectivity index (χ3v) is 3.58. The van der Waals surface area contributed by atoms with Gasteiger partial charge in [0.15, 0.2) is 0 Å². The molecule has 0 bridgehead atoms. The molecule has 0 saturated carbocycles. The van der Waals surface area contributed by atoms with Crippen LogP contribution in [0.3, 0.4) is 0 Å². The van der Waals surface area contributed by atoms with Gasteiger partial charge in [0.25, 0.3) is 5.56 Å². The molecule has 0 radical (unpaired) electrons. The number of hydrogen-bond acceptors (Lipinski definition) is 5. The lowest BCUT2D eigenvalue weighted by Gasteiger charge is -2.15. The SMILES string of the molecule is O=c1c(Cl)c(NCCC2=CCNCC2)cnn1CCO. The molecular weight excluding hydrogens is 280 g/mol. The second kappa shape index (κ2) is 7.42. The van der Waals surface area contributed by atoms with E-state index < -0.39 is 0 Å². The summed E-state index contributed by atoms with van der Waals surface area (Å²) < 4.78 is 1.16. The van der Waals surface area contributed by atoms with Crippen molar-refractivity contribution in [3.63, 3.8) is 0 Å². The van der Waals surface area contributed by atoms with Gasteiger partial charge in [-0.3, -0.25) is 4.79 Å². The average molecular weight is 299 g/mol. The van der Waals surface area contributed by atoms with Gasteiger partial charge in [-0.1, -0.05) is 23.3 Å². The smallest absolute Gasteiger partial charge is 0.287 e. The Morgan fingerprint density at radius 2 is 2.40 bits per heavy atom. The molecule has 1 aliphatic heterocycles. The summed E-state index contributed by atoms with van der Waals surface area (Å²) >= 11 is 6.01. The molecule has 1 aromatic rings. The number of rotatable bonds is 6. The topological polar surface area (TPSA) is 79.2 Å². The zero-order valence-corrected chi connectivity index (χ0v) is 12.0. The summed E-state index contributed by atoms with van der Waals surface area (Å²) in [6.45, 7) is 2.67. The van der Waals surface area contributed by atoms with Gasteiger partial charge < -0.3 is 15.7 Å². The van der Waals surface area contributed by atoms with Gasteiger partial charge in [-0.05, 0) is 19.4 Å². The van der Waals surface area contributed by atoms with E-state index in [1.54, 1.807) is 0 Å². The molecule has 0 spiro atoms. The van der Waals surface area contributed by atoms with Crippen molar-refractivity contribution < 1.29 is 5.11 Å². The van der Waals surface area contributed by atoms with Crippen molar-refractivity contribution in [1.29, 1.82) is 0 Å². The second-order valence-corrected chi connectivity index (χ2v) is 5.00. The van der Waals surface area contributed by atoms with Gasteiger partial charge in [0.05, 0.1) is 25.0 Å². The molecule has 7 heteroatoms. The summed E-state index contributed by atoms with van der Waals surface area (Å²) in [6, 6.07) is 0. The molecule has 3 N–H and O–H groups in total.